The van der Waals surface area contributed by atoms with Crippen LogP contribution in [-0.2, 0) is 0 Å². The van der Waals surface area contributed by atoms with E-state index in [-0.39, 0.29) is 5.41 Å². The molecule has 0 saturated carbocycles. The summed E-state index contributed by atoms with van der Waals surface area (Å²) in [5.41, 5.74) is 11.0. The van der Waals surface area contributed by atoms with Gasteiger partial charge in [0.05, 0.1) is 0 Å². The Morgan fingerprint density at radius 3 is 2.65 bits per heavy atom. The fraction of sp³-hybridized carbons (Fsp3) is 0.484. The van der Waals surface area contributed by atoms with Gasteiger partial charge in [-0.25, -0.2) is 0 Å². The molecule has 0 heteroatoms. The zero-order chi connectivity index (χ0) is 22.0. The summed E-state index contributed by atoms with van der Waals surface area (Å²) in [4.78, 5) is 0. The van der Waals surface area contributed by atoms with Gasteiger partial charge in [-0.15, -0.1) is 0 Å². The van der Waals surface area contributed by atoms with Gasteiger partial charge < -0.3 is 0 Å². The van der Waals surface area contributed by atoms with Crippen LogP contribution >= 0.6 is 0 Å². The second-order valence-corrected chi connectivity index (χ2v) is 11.0. The summed E-state index contributed by atoms with van der Waals surface area (Å²) >= 11 is 0. The van der Waals surface area contributed by atoms with E-state index in [4.69, 9.17) is 0 Å². The maximum atomic E-state index is 2.53. The van der Waals surface area contributed by atoms with Gasteiger partial charge in [-0.3, -0.25) is 0 Å². The number of fused-ring (bicyclic) bond motifs is 1. The fourth-order valence-corrected chi connectivity index (χ4v) is 5.74. The molecular weight excluding hydrogens is 372 g/mol. The van der Waals surface area contributed by atoms with Crippen LogP contribution in [0.3, 0.4) is 0 Å². The van der Waals surface area contributed by atoms with Crippen molar-refractivity contribution in [2.45, 2.75) is 79.6 Å². The first kappa shape index (κ1) is 22.1. The van der Waals surface area contributed by atoms with Gasteiger partial charge in [0.15, 0.2) is 0 Å². The van der Waals surface area contributed by atoms with Crippen LogP contribution in [0.15, 0.2) is 93.7 Å². The molecule has 0 saturated heterocycles. The molecule has 0 aromatic heterocycles. The Bertz CT molecular complexity index is 962. The summed E-state index contributed by atoms with van der Waals surface area (Å²) < 4.78 is 0. The lowest BCUT2D eigenvalue weighted by molar-refractivity contribution is 0.447. The Morgan fingerprint density at radius 2 is 1.87 bits per heavy atom. The molecule has 31 heavy (non-hydrogen) atoms. The molecule has 2 atom stereocenters. The second-order valence-electron chi connectivity index (χ2n) is 11.0. The van der Waals surface area contributed by atoms with E-state index in [2.05, 4.69) is 89.3 Å². The highest BCUT2D eigenvalue weighted by atomic mass is 14.3. The van der Waals surface area contributed by atoms with Crippen molar-refractivity contribution in [3.8, 4) is 0 Å². The lowest BCUT2D eigenvalue weighted by Gasteiger charge is -2.33. The molecule has 4 aliphatic carbocycles. The molecule has 0 aliphatic heterocycles. The summed E-state index contributed by atoms with van der Waals surface area (Å²) in [5, 5.41) is 0. The fourth-order valence-electron chi connectivity index (χ4n) is 5.74. The van der Waals surface area contributed by atoms with Crippen molar-refractivity contribution in [3.63, 3.8) is 0 Å². The summed E-state index contributed by atoms with van der Waals surface area (Å²) in [6.45, 7) is 11.7. The molecule has 0 fully saturated rings. The van der Waals surface area contributed by atoms with Crippen LogP contribution in [0.1, 0.15) is 79.6 Å². The molecule has 0 heterocycles. The van der Waals surface area contributed by atoms with Gasteiger partial charge in [-0.2, -0.15) is 0 Å². The van der Waals surface area contributed by atoms with Gasteiger partial charge in [0.25, 0.3) is 0 Å². The highest BCUT2D eigenvalue weighted by Crippen LogP contribution is 2.42. The average molecular weight is 413 g/mol. The van der Waals surface area contributed by atoms with E-state index in [1.54, 1.807) is 16.7 Å². The third-order valence-electron chi connectivity index (χ3n) is 7.68. The van der Waals surface area contributed by atoms with E-state index in [0.29, 0.717) is 5.92 Å². The van der Waals surface area contributed by atoms with Gasteiger partial charge in [0.2, 0.25) is 0 Å². The van der Waals surface area contributed by atoms with Gasteiger partial charge in [-0.1, -0.05) is 96.4 Å². The highest BCUT2D eigenvalue weighted by molar-refractivity contribution is 5.40. The van der Waals surface area contributed by atoms with Crippen LogP contribution in [0.25, 0.3) is 0 Å². The van der Waals surface area contributed by atoms with Crippen molar-refractivity contribution in [2.75, 3.05) is 0 Å². The standard InChI is InChI=1S/C31H40/c1-22-10-11-23(2)17-26(16-22)21-31(4,5)30-14-12-25(13-15-30)19-29-20-28-9-7-6-8-27(28)18-24(29)3/h6-7,9-10,12,14-17,25,27H,8,11,13,18-21H2,1-5H3. The number of allylic oxidation sites excluding steroid dienone is 16. The quantitative estimate of drug-likeness (QED) is 0.395. The average Bonchev–Trinajstić information content (AvgIpc) is 2.88. The van der Waals surface area contributed by atoms with E-state index in [0.717, 1.165) is 18.8 Å². The first-order valence-electron chi connectivity index (χ1n) is 12.3. The smallest absolute Gasteiger partial charge is 0.00665 e. The van der Waals surface area contributed by atoms with Crippen molar-refractivity contribution in [1.29, 1.82) is 0 Å². The Balaban J connectivity index is 1.40. The molecule has 0 spiro atoms. The first-order valence-corrected chi connectivity index (χ1v) is 12.3. The molecule has 0 aromatic carbocycles. The van der Waals surface area contributed by atoms with Gasteiger partial charge in [0.1, 0.15) is 0 Å². The number of hydrogen-bond acceptors (Lipinski definition) is 0. The summed E-state index contributed by atoms with van der Waals surface area (Å²) in [5.74, 6) is 1.43. The van der Waals surface area contributed by atoms with Crippen LogP contribution in [0.2, 0.25) is 0 Å². The van der Waals surface area contributed by atoms with Crippen molar-refractivity contribution in [3.05, 3.63) is 93.7 Å². The predicted molar refractivity (Wildman–Crippen MR) is 136 cm³/mol. The monoisotopic (exact) mass is 412 g/mol. The summed E-state index contributed by atoms with van der Waals surface area (Å²) in [7, 11) is 0. The summed E-state index contributed by atoms with van der Waals surface area (Å²) in [6.07, 6.45) is 29.9. The molecule has 0 aromatic rings. The van der Waals surface area contributed by atoms with Crippen molar-refractivity contribution >= 4 is 0 Å². The van der Waals surface area contributed by atoms with Gasteiger partial charge >= 0.3 is 0 Å². The SMILES string of the molecule is CC1=CCC(C)=CC(CC(C)(C)C2=CCC(CC3=C(C)CC4CC=CC=C4C3)C=C2)=C1. The van der Waals surface area contributed by atoms with E-state index in [9.17, 15) is 0 Å². The van der Waals surface area contributed by atoms with Crippen LogP contribution < -0.4 is 0 Å². The Kier molecular flexibility index (Phi) is 6.56. The molecule has 0 amide bonds. The Hall–Kier alpha value is -2.08. The molecule has 164 valence electrons. The second kappa shape index (κ2) is 9.19. The molecule has 2 unspecified atom stereocenters. The van der Waals surface area contributed by atoms with E-state index >= 15 is 0 Å². The van der Waals surface area contributed by atoms with E-state index in [1.807, 2.05) is 0 Å². The molecule has 4 rings (SSSR count). The number of rotatable bonds is 5. The predicted octanol–water partition coefficient (Wildman–Crippen LogP) is 9.13. The minimum atomic E-state index is 0.168. The largest absolute Gasteiger partial charge is 0.0839 e. The minimum Gasteiger partial charge on any atom is -0.0839 e. The third-order valence-corrected chi connectivity index (χ3v) is 7.68. The van der Waals surface area contributed by atoms with E-state index in [1.165, 1.54) is 54.4 Å². The lowest BCUT2D eigenvalue weighted by atomic mass is 9.72. The Morgan fingerprint density at radius 1 is 1.03 bits per heavy atom. The van der Waals surface area contributed by atoms with Crippen molar-refractivity contribution < 1.29 is 0 Å². The van der Waals surface area contributed by atoms with Crippen LogP contribution in [0.4, 0.5) is 0 Å². The van der Waals surface area contributed by atoms with Crippen molar-refractivity contribution in [2.24, 2.45) is 17.3 Å². The molecular formula is C31H40. The van der Waals surface area contributed by atoms with Crippen molar-refractivity contribution in [1.82, 2.24) is 0 Å². The van der Waals surface area contributed by atoms with Crippen LogP contribution in [0.5, 0.6) is 0 Å². The topological polar surface area (TPSA) is 0 Å². The third kappa shape index (κ3) is 5.40. The summed E-state index contributed by atoms with van der Waals surface area (Å²) in [6, 6.07) is 0. The Labute approximate surface area is 190 Å². The molecule has 0 N–H and O–H groups in total. The van der Waals surface area contributed by atoms with Gasteiger partial charge in [0, 0.05) is 0 Å². The van der Waals surface area contributed by atoms with Crippen LogP contribution in [-0.4, -0.2) is 0 Å². The minimum absolute atomic E-state index is 0.168. The zero-order valence-corrected chi connectivity index (χ0v) is 20.3. The number of hydrogen-bond donors (Lipinski definition) is 0. The molecule has 4 aliphatic rings. The van der Waals surface area contributed by atoms with Crippen LogP contribution in [0, 0.1) is 17.3 Å². The zero-order valence-electron chi connectivity index (χ0n) is 20.3. The maximum Gasteiger partial charge on any atom is -0.00665 e. The molecule has 0 radical (unpaired) electrons. The molecule has 0 nitrogen and oxygen atoms in total. The maximum absolute atomic E-state index is 2.53. The highest BCUT2D eigenvalue weighted by Gasteiger charge is 2.27. The lowest BCUT2D eigenvalue weighted by Crippen LogP contribution is -2.18. The van der Waals surface area contributed by atoms with Gasteiger partial charge in [-0.05, 0) is 94.1 Å². The molecule has 0 bridgehead atoms. The first-order chi connectivity index (χ1) is 14.8. The van der Waals surface area contributed by atoms with E-state index < -0.39 is 0 Å². The normalized spacial score (nSPS) is 26.4.